The van der Waals surface area contributed by atoms with Crippen LogP contribution in [-0.4, -0.2) is 20.4 Å². The quantitative estimate of drug-likeness (QED) is 0.787. The summed E-state index contributed by atoms with van der Waals surface area (Å²) in [5, 5.41) is 2.74. The first-order chi connectivity index (χ1) is 11.6. The first-order valence-corrected chi connectivity index (χ1v) is 7.35. The molecule has 7 heteroatoms. The Morgan fingerprint density at radius 2 is 2.00 bits per heavy atom. The molecule has 0 fully saturated rings. The minimum Gasteiger partial charge on any atom is -0.310 e. The number of hydrogen-bond donors (Lipinski definition) is 1. The van der Waals surface area contributed by atoms with Crippen molar-refractivity contribution in [2.75, 3.05) is 5.32 Å². The van der Waals surface area contributed by atoms with E-state index in [-0.39, 0.29) is 23.9 Å². The molecule has 1 aromatic carbocycles. The number of rotatable bonds is 2. The second kappa shape index (κ2) is 5.52. The molecule has 1 atom stereocenters. The summed E-state index contributed by atoms with van der Waals surface area (Å²) in [6, 6.07) is 6.83. The summed E-state index contributed by atoms with van der Waals surface area (Å²) < 4.78 is 28.5. The van der Waals surface area contributed by atoms with Crippen LogP contribution in [0.1, 0.15) is 23.6 Å². The van der Waals surface area contributed by atoms with E-state index in [0.717, 1.165) is 11.6 Å². The maximum Gasteiger partial charge on any atom is 0.226 e. The fourth-order valence-electron chi connectivity index (χ4n) is 2.94. The average Bonchev–Trinajstić information content (AvgIpc) is 2.97. The largest absolute Gasteiger partial charge is 0.310 e. The van der Waals surface area contributed by atoms with Gasteiger partial charge < -0.3 is 5.32 Å². The number of anilines is 1. The Morgan fingerprint density at radius 1 is 1.21 bits per heavy atom. The highest BCUT2D eigenvalue weighted by Gasteiger charge is 2.31. The average molecular weight is 326 g/mol. The summed E-state index contributed by atoms with van der Waals surface area (Å²) in [6.07, 6.45) is 5.04. The van der Waals surface area contributed by atoms with Crippen molar-refractivity contribution in [3.63, 3.8) is 0 Å². The zero-order valence-electron chi connectivity index (χ0n) is 12.4. The number of pyridine rings is 1. The van der Waals surface area contributed by atoms with Gasteiger partial charge in [-0.05, 0) is 23.8 Å². The SMILES string of the molecule is O=C1C[C@@H](c2cccnc2)c2ncn(-c3cc(F)cc(F)c3)c2N1. The van der Waals surface area contributed by atoms with Gasteiger partial charge in [-0.25, -0.2) is 13.8 Å². The summed E-state index contributed by atoms with van der Waals surface area (Å²) >= 11 is 0. The lowest BCUT2D eigenvalue weighted by Crippen LogP contribution is -2.25. The summed E-state index contributed by atoms with van der Waals surface area (Å²) in [5.41, 5.74) is 1.77. The van der Waals surface area contributed by atoms with Gasteiger partial charge in [-0.3, -0.25) is 14.3 Å². The molecular weight excluding hydrogens is 314 g/mol. The van der Waals surface area contributed by atoms with Gasteiger partial charge in [0.2, 0.25) is 5.91 Å². The number of nitrogens with one attached hydrogen (secondary N) is 1. The molecule has 0 saturated carbocycles. The third kappa shape index (κ3) is 2.44. The lowest BCUT2D eigenvalue weighted by atomic mass is 9.91. The minimum absolute atomic E-state index is 0.185. The van der Waals surface area contributed by atoms with Crippen LogP contribution in [0.15, 0.2) is 49.1 Å². The van der Waals surface area contributed by atoms with Gasteiger partial charge >= 0.3 is 0 Å². The van der Waals surface area contributed by atoms with Crippen molar-refractivity contribution >= 4 is 11.7 Å². The normalized spacial score (nSPS) is 16.6. The molecule has 3 heterocycles. The molecule has 1 N–H and O–H groups in total. The highest BCUT2D eigenvalue weighted by atomic mass is 19.1. The molecular formula is C17H12F2N4O. The Hall–Kier alpha value is -3.09. The van der Waals surface area contributed by atoms with E-state index in [0.29, 0.717) is 11.5 Å². The van der Waals surface area contributed by atoms with Crippen LogP contribution in [0.2, 0.25) is 0 Å². The molecule has 0 spiro atoms. The van der Waals surface area contributed by atoms with E-state index >= 15 is 0 Å². The number of halogens is 2. The number of imidazole rings is 1. The third-order valence-corrected chi connectivity index (χ3v) is 3.99. The number of carbonyl (C=O) groups excluding carboxylic acids is 1. The highest BCUT2D eigenvalue weighted by molar-refractivity contribution is 5.94. The Kier molecular flexibility index (Phi) is 3.34. The van der Waals surface area contributed by atoms with Crippen molar-refractivity contribution in [1.29, 1.82) is 0 Å². The van der Waals surface area contributed by atoms with Crippen LogP contribution >= 0.6 is 0 Å². The van der Waals surface area contributed by atoms with E-state index in [1.54, 1.807) is 18.5 Å². The second-order valence-electron chi connectivity index (χ2n) is 5.57. The molecule has 0 unspecified atom stereocenters. The maximum atomic E-state index is 13.5. The van der Waals surface area contributed by atoms with E-state index in [1.165, 1.54) is 23.0 Å². The molecule has 1 amide bonds. The molecule has 24 heavy (non-hydrogen) atoms. The lowest BCUT2D eigenvalue weighted by Gasteiger charge is -2.23. The smallest absolute Gasteiger partial charge is 0.226 e. The van der Waals surface area contributed by atoms with Crippen molar-refractivity contribution in [2.45, 2.75) is 12.3 Å². The van der Waals surface area contributed by atoms with Crippen LogP contribution in [-0.2, 0) is 4.79 Å². The molecule has 3 aromatic rings. The Bertz CT molecular complexity index is 903. The first kappa shape index (κ1) is 14.5. The maximum absolute atomic E-state index is 13.5. The van der Waals surface area contributed by atoms with Gasteiger partial charge in [0.25, 0.3) is 0 Å². The van der Waals surface area contributed by atoms with Crippen LogP contribution in [0.4, 0.5) is 14.6 Å². The number of amides is 1. The molecule has 0 saturated heterocycles. The number of benzene rings is 1. The zero-order valence-corrected chi connectivity index (χ0v) is 12.4. The van der Waals surface area contributed by atoms with Gasteiger partial charge in [0.05, 0.1) is 11.4 Å². The number of fused-ring (bicyclic) bond motifs is 1. The molecule has 5 nitrogen and oxygen atoms in total. The van der Waals surface area contributed by atoms with Gasteiger partial charge in [0.15, 0.2) is 0 Å². The van der Waals surface area contributed by atoms with Crippen LogP contribution in [0.3, 0.4) is 0 Å². The van der Waals surface area contributed by atoms with Gasteiger partial charge in [-0.2, -0.15) is 0 Å². The second-order valence-corrected chi connectivity index (χ2v) is 5.57. The predicted molar refractivity (Wildman–Crippen MR) is 82.8 cm³/mol. The van der Waals surface area contributed by atoms with Gasteiger partial charge in [-0.1, -0.05) is 6.07 Å². The molecule has 1 aliphatic rings. The van der Waals surface area contributed by atoms with Crippen LogP contribution in [0.25, 0.3) is 5.69 Å². The van der Waals surface area contributed by atoms with Crippen molar-refractivity contribution in [1.82, 2.24) is 14.5 Å². The number of carbonyl (C=O) groups is 1. The Balaban J connectivity index is 1.84. The summed E-state index contributed by atoms with van der Waals surface area (Å²) in [7, 11) is 0. The standard InChI is InChI=1S/C17H12F2N4O/c18-11-4-12(19)6-13(5-11)23-9-21-16-14(7-15(24)22-17(16)23)10-2-1-3-20-8-10/h1-6,8-9,14H,7H2,(H,22,24)/t14-/m0/s1. The van der Waals surface area contributed by atoms with Crippen molar-refractivity contribution in [3.8, 4) is 5.69 Å². The highest BCUT2D eigenvalue weighted by Crippen LogP contribution is 2.37. The summed E-state index contributed by atoms with van der Waals surface area (Å²) in [4.78, 5) is 20.5. The van der Waals surface area contributed by atoms with Crippen molar-refractivity contribution in [3.05, 3.63) is 71.9 Å². The molecule has 1 aliphatic heterocycles. The van der Waals surface area contributed by atoms with Gasteiger partial charge in [0, 0.05) is 30.8 Å². The van der Waals surface area contributed by atoms with Crippen molar-refractivity contribution < 1.29 is 13.6 Å². The summed E-state index contributed by atoms with van der Waals surface area (Å²) in [6.45, 7) is 0. The fourth-order valence-corrected chi connectivity index (χ4v) is 2.94. The van der Waals surface area contributed by atoms with Gasteiger partial charge in [0.1, 0.15) is 23.8 Å². The van der Waals surface area contributed by atoms with E-state index < -0.39 is 11.6 Å². The monoisotopic (exact) mass is 326 g/mol. The van der Waals surface area contributed by atoms with Crippen LogP contribution in [0.5, 0.6) is 0 Å². The first-order valence-electron chi connectivity index (χ1n) is 7.35. The van der Waals surface area contributed by atoms with E-state index in [9.17, 15) is 13.6 Å². The lowest BCUT2D eigenvalue weighted by molar-refractivity contribution is -0.116. The number of nitrogens with zero attached hydrogens (tertiary/aromatic N) is 3. The fraction of sp³-hybridized carbons (Fsp3) is 0.118. The predicted octanol–water partition coefficient (Wildman–Crippen LogP) is 3.02. The molecule has 2 aromatic heterocycles. The topological polar surface area (TPSA) is 59.8 Å². The Labute approximate surface area is 136 Å². The van der Waals surface area contributed by atoms with Crippen LogP contribution in [0, 0.1) is 11.6 Å². The van der Waals surface area contributed by atoms with E-state index in [1.807, 2.05) is 6.07 Å². The van der Waals surface area contributed by atoms with E-state index in [4.69, 9.17) is 0 Å². The number of aromatic nitrogens is 3. The molecule has 0 radical (unpaired) electrons. The van der Waals surface area contributed by atoms with Crippen molar-refractivity contribution in [2.24, 2.45) is 0 Å². The minimum atomic E-state index is -0.696. The number of hydrogen-bond acceptors (Lipinski definition) is 3. The molecule has 4 rings (SSSR count). The van der Waals surface area contributed by atoms with E-state index in [2.05, 4.69) is 15.3 Å². The third-order valence-electron chi connectivity index (χ3n) is 3.99. The van der Waals surface area contributed by atoms with Gasteiger partial charge in [-0.15, -0.1) is 0 Å². The molecule has 0 aliphatic carbocycles. The molecule has 0 bridgehead atoms. The molecule has 120 valence electrons. The summed E-state index contributed by atoms with van der Waals surface area (Å²) in [5.74, 6) is -1.40. The Morgan fingerprint density at radius 3 is 2.71 bits per heavy atom. The van der Waals surface area contributed by atoms with Crippen LogP contribution < -0.4 is 5.32 Å². The zero-order chi connectivity index (χ0) is 16.7.